The highest BCUT2D eigenvalue weighted by atomic mass is 79.9. The van der Waals surface area contributed by atoms with E-state index in [1.807, 2.05) is 5.38 Å². The van der Waals surface area contributed by atoms with Crippen molar-refractivity contribution in [2.75, 3.05) is 0 Å². The highest BCUT2D eigenvalue weighted by Gasteiger charge is 2.13. The van der Waals surface area contributed by atoms with Crippen LogP contribution < -0.4 is 4.74 Å². The summed E-state index contributed by atoms with van der Waals surface area (Å²) < 4.78 is 6.28. The van der Waals surface area contributed by atoms with Crippen molar-refractivity contribution in [2.24, 2.45) is 0 Å². The Hall–Kier alpha value is -1.40. The second-order valence-corrected chi connectivity index (χ2v) is 6.37. The predicted octanol–water partition coefficient (Wildman–Crippen LogP) is 4.31. The molecule has 0 radical (unpaired) electrons. The van der Waals surface area contributed by atoms with Gasteiger partial charge in [-0.05, 0) is 18.2 Å². The maximum absolute atomic E-state index is 11.2. The molecular weight excluding hydrogens is 342 g/mol. The summed E-state index contributed by atoms with van der Waals surface area (Å²) in [6.45, 7) is 4.44. The van der Waals surface area contributed by atoms with Crippen molar-refractivity contribution in [2.45, 2.75) is 26.4 Å². The molecule has 0 saturated carbocycles. The number of benzene rings is 1. The molecule has 1 heterocycles. The average molecular weight is 356 g/mol. The first-order chi connectivity index (χ1) is 9.47. The molecule has 0 atom stereocenters. The first kappa shape index (κ1) is 15.0. The zero-order valence-corrected chi connectivity index (χ0v) is 13.5. The fourth-order valence-electron chi connectivity index (χ4n) is 1.60. The van der Waals surface area contributed by atoms with Gasteiger partial charge in [-0.1, -0.05) is 29.8 Å². The van der Waals surface area contributed by atoms with Gasteiger partial charge in [0.2, 0.25) is 0 Å². The van der Waals surface area contributed by atoms with Gasteiger partial charge in [0.25, 0.3) is 0 Å². The molecule has 0 aliphatic heterocycles. The summed E-state index contributed by atoms with van der Waals surface area (Å²) in [6.07, 6.45) is 0. The van der Waals surface area contributed by atoms with E-state index in [-0.39, 0.29) is 12.2 Å². The molecule has 0 aliphatic carbocycles. The number of hydrogen-bond donors (Lipinski definition) is 1. The molecule has 0 amide bonds. The van der Waals surface area contributed by atoms with Crippen molar-refractivity contribution in [1.82, 2.24) is 4.98 Å². The van der Waals surface area contributed by atoms with Crippen LogP contribution in [0, 0.1) is 0 Å². The van der Waals surface area contributed by atoms with E-state index in [0.29, 0.717) is 16.1 Å². The van der Waals surface area contributed by atoms with Crippen molar-refractivity contribution < 1.29 is 14.6 Å². The van der Waals surface area contributed by atoms with Gasteiger partial charge in [-0.15, -0.1) is 11.3 Å². The standard InChI is InChI=1S/C14H14BrNO3S/c1-8(2)13-16-10(7-20-13)6-19-12-4-3-9(15)5-11(12)14(17)18/h3-5,7-8H,6H2,1-2H3,(H,17,18). The van der Waals surface area contributed by atoms with E-state index in [4.69, 9.17) is 9.84 Å². The Morgan fingerprint density at radius 3 is 2.85 bits per heavy atom. The van der Waals surface area contributed by atoms with Crippen molar-refractivity contribution in [3.05, 3.63) is 44.3 Å². The summed E-state index contributed by atoms with van der Waals surface area (Å²) in [5.74, 6) is -0.279. The maximum atomic E-state index is 11.2. The lowest BCUT2D eigenvalue weighted by atomic mass is 10.2. The summed E-state index contributed by atoms with van der Waals surface area (Å²) in [6, 6.07) is 4.92. The Kier molecular flexibility index (Phi) is 4.77. The van der Waals surface area contributed by atoms with Crippen molar-refractivity contribution in [1.29, 1.82) is 0 Å². The number of ether oxygens (including phenoxy) is 1. The maximum Gasteiger partial charge on any atom is 0.339 e. The van der Waals surface area contributed by atoms with Crippen LogP contribution >= 0.6 is 27.3 Å². The molecule has 0 saturated heterocycles. The van der Waals surface area contributed by atoms with Crippen LogP contribution in [-0.2, 0) is 6.61 Å². The predicted molar refractivity (Wildman–Crippen MR) is 81.6 cm³/mol. The molecule has 0 bridgehead atoms. The second-order valence-electron chi connectivity index (χ2n) is 4.57. The van der Waals surface area contributed by atoms with Gasteiger partial charge in [-0.3, -0.25) is 0 Å². The van der Waals surface area contributed by atoms with Crippen LogP contribution in [0.25, 0.3) is 0 Å². The van der Waals surface area contributed by atoms with Gasteiger partial charge in [0.1, 0.15) is 17.9 Å². The van der Waals surface area contributed by atoms with Gasteiger partial charge in [0.15, 0.2) is 0 Å². The van der Waals surface area contributed by atoms with E-state index >= 15 is 0 Å². The number of thiazole rings is 1. The third-order valence-corrected chi connectivity index (χ3v) is 4.30. The molecule has 0 spiro atoms. The molecule has 0 aliphatic rings. The number of carboxylic acids is 1. The number of nitrogens with zero attached hydrogens (tertiary/aromatic N) is 1. The van der Waals surface area contributed by atoms with Crippen molar-refractivity contribution >= 4 is 33.2 Å². The third kappa shape index (κ3) is 3.58. The molecular formula is C14H14BrNO3S. The van der Waals surface area contributed by atoms with Gasteiger partial charge in [-0.2, -0.15) is 0 Å². The second kappa shape index (κ2) is 6.37. The molecule has 1 N–H and O–H groups in total. The first-order valence-corrected chi connectivity index (χ1v) is 7.74. The number of aromatic nitrogens is 1. The smallest absolute Gasteiger partial charge is 0.339 e. The molecule has 2 aromatic rings. The topological polar surface area (TPSA) is 59.4 Å². The van der Waals surface area contributed by atoms with Crippen LogP contribution in [0.5, 0.6) is 5.75 Å². The summed E-state index contributed by atoms with van der Waals surface area (Å²) >= 11 is 4.84. The zero-order valence-electron chi connectivity index (χ0n) is 11.1. The molecule has 20 heavy (non-hydrogen) atoms. The summed E-state index contributed by atoms with van der Waals surface area (Å²) in [4.78, 5) is 15.6. The van der Waals surface area contributed by atoms with E-state index in [2.05, 4.69) is 34.8 Å². The number of rotatable bonds is 5. The monoisotopic (exact) mass is 355 g/mol. The molecule has 0 fully saturated rings. The van der Waals surface area contributed by atoms with Gasteiger partial charge < -0.3 is 9.84 Å². The minimum absolute atomic E-state index is 0.138. The van der Waals surface area contributed by atoms with Crippen molar-refractivity contribution in [3.8, 4) is 5.75 Å². The van der Waals surface area contributed by atoms with Gasteiger partial charge in [0, 0.05) is 15.8 Å². The third-order valence-electron chi connectivity index (χ3n) is 2.61. The lowest BCUT2D eigenvalue weighted by Crippen LogP contribution is -2.04. The van der Waals surface area contributed by atoms with Crippen LogP contribution in [0.15, 0.2) is 28.1 Å². The number of hydrogen-bond acceptors (Lipinski definition) is 4. The van der Waals surface area contributed by atoms with Crippen LogP contribution in [0.1, 0.15) is 40.8 Å². The Morgan fingerprint density at radius 2 is 2.25 bits per heavy atom. The van der Waals surface area contributed by atoms with E-state index in [1.165, 1.54) is 6.07 Å². The van der Waals surface area contributed by atoms with E-state index in [9.17, 15) is 4.79 Å². The van der Waals surface area contributed by atoms with Gasteiger partial charge >= 0.3 is 5.97 Å². The molecule has 4 nitrogen and oxygen atoms in total. The van der Waals surface area contributed by atoms with Gasteiger partial charge in [0.05, 0.1) is 10.7 Å². The summed E-state index contributed by atoms with van der Waals surface area (Å²) in [7, 11) is 0. The Morgan fingerprint density at radius 1 is 1.50 bits per heavy atom. The normalized spacial score (nSPS) is 10.8. The Bertz CT molecular complexity index is 625. The lowest BCUT2D eigenvalue weighted by Gasteiger charge is -2.08. The average Bonchev–Trinajstić information content (AvgIpc) is 2.86. The van der Waals surface area contributed by atoms with Gasteiger partial charge in [-0.25, -0.2) is 9.78 Å². The molecule has 106 valence electrons. The number of carbonyl (C=O) groups is 1. The zero-order chi connectivity index (χ0) is 14.7. The molecule has 2 rings (SSSR count). The fraction of sp³-hybridized carbons (Fsp3) is 0.286. The van der Waals surface area contributed by atoms with E-state index in [1.54, 1.807) is 23.5 Å². The van der Waals surface area contributed by atoms with Crippen LogP contribution in [0.2, 0.25) is 0 Å². The Balaban J connectivity index is 2.12. The minimum Gasteiger partial charge on any atom is -0.486 e. The SMILES string of the molecule is CC(C)c1nc(COc2ccc(Br)cc2C(=O)O)cs1. The van der Waals surface area contributed by atoms with Crippen molar-refractivity contribution in [3.63, 3.8) is 0 Å². The molecule has 1 aromatic heterocycles. The summed E-state index contributed by atoms with van der Waals surface area (Å²) in [5, 5.41) is 12.1. The Labute approximate surface area is 129 Å². The number of aromatic carboxylic acids is 1. The van der Waals surface area contributed by atoms with Crippen LogP contribution in [0.3, 0.4) is 0 Å². The van der Waals surface area contributed by atoms with E-state index < -0.39 is 5.97 Å². The summed E-state index contributed by atoms with van der Waals surface area (Å²) in [5.41, 5.74) is 0.955. The highest BCUT2D eigenvalue weighted by Crippen LogP contribution is 2.25. The van der Waals surface area contributed by atoms with E-state index in [0.717, 1.165) is 10.7 Å². The number of carboxylic acid groups (broad SMARTS) is 1. The lowest BCUT2D eigenvalue weighted by molar-refractivity contribution is 0.0691. The highest BCUT2D eigenvalue weighted by molar-refractivity contribution is 9.10. The van der Waals surface area contributed by atoms with Crippen LogP contribution in [-0.4, -0.2) is 16.1 Å². The minimum atomic E-state index is -1.01. The molecule has 0 unspecified atom stereocenters. The largest absolute Gasteiger partial charge is 0.486 e. The number of halogens is 1. The molecule has 6 heteroatoms. The van der Waals surface area contributed by atoms with Crippen LogP contribution in [0.4, 0.5) is 0 Å². The fourth-order valence-corrected chi connectivity index (χ4v) is 2.78. The molecule has 1 aromatic carbocycles. The first-order valence-electron chi connectivity index (χ1n) is 6.07. The quantitative estimate of drug-likeness (QED) is 0.868.